The van der Waals surface area contributed by atoms with Gasteiger partial charge in [-0.2, -0.15) is 0 Å². The van der Waals surface area contributed by atoms with Crippen molar-refractivity contribution in [2.24, 2.45) is 11.7 Å². The molecule has 2 rings (SSSR count). The van der Waals surface area contributed by atoms with Crippen molar-refractivity contribution in [3.63, 3.8) is 0 Å². The van der Waals surface area contributed by atoms with Gasteiger partial charge in [0.25, 0.3) is 0 Å². The summed E-state index contributed by atoms with van der Waals surface area (Å²) in [6.07, 6.45) is 3.96. The number of piperidine rings is 1. The van der Waals surface area contributed by atoms with Crippen LogP contribution in [0, 0.1) is 5.92 Å². The Morgan fingerprint density at radius 1 is 1.14 bits per heavy atom. The Balaban J connectivity index is 1.70. The molecule has 3 heteroatoms. The molecule has 2 saturated heterocycles. The molecule has 0 radical (unpaired) electrons. The van der Waals surface area contributed by atoms with Crippen LogP contribution in [0.2, 0.25) is 0 Å². The van der Waals surface area contributed by atoms with E-state index in [1.54, 1.807) is 0 Å². The molecule has 0 bridgehead atoms. The second kappa shape index (κ2) is 4.60. The van der Waals surface area contributed by atoms with Crippen molar-refractivity contribution in [2.75, 3.05) is 39.8 Å². The zero-order valence-corrected chi connectivity index (χ0v) is 9.28. The molecule has 2 aliphatic rings. The van der Waals surface area contributed by atoms with Crippen molar-refractivity contribution in [3.05, 3.63) is 0 Å². The number of likely N-dealkylation sites (tertiary alicyclic amines) is 2. The smallest absolute Gasteiger partial charge is 0.0180 e. The first-order valence-electron chi connectivity index (χ1n) is 5.90. The van der Waals surface area contributed by atoms with Crippen molar-refractivity contribution in [1.82, 2.24) is 9.80 Å². The third-order valence-corrected chi connectivity index (χ3v) is 3.66. The average Bonchev–Trinajstić information content (AvgIpc) is 2.56. The lowest BCUT2D eigenvalue weighted by Crippen LogP contribution is -2.37. The van der Waals surface area contributed by atoms with E-state index >= 15 is 0 Å². The second-order valence-corrected chi connectivity index (χ2v) is 5.05. The normalized spacial score (nSPS) is 32.6. The molecule has 2 heterocycles. The fourth-order valence-corrected chi connectivity index (χ4v) is 2.64. The van der Waals surface area contributed by atoms with Crippen molar-refractivity contribution < 1.29 is 0 Å². The zero-order valence-electron chi connectivity index (χ0n) is 9.28. The third-order valence-electron chi connectivity index (χ3n) is 3.66. The average molecular weight is 197 g/mol. The molecule has 1 unspecified atom stereocenters. The molecule has 82 valence electrons. The molecule has 14 heavy (non-hydrogen) atoms. The lowest BCUT2D eigenvalue weighted by Gasteiger charge is -2.31. The molecule has 3 nitrogen and oxygen atoms in total. The fraction of sp³-hybridized carbons (Fsp3) is 1.00. The first-order valence-corrected chi connectivity index (χ1v) is 5.90. The van der Waals surface area contributed by atoms with Gasteiger partial charge in [0, 0.05) is 19.1 Å². The lowest BCUT2D eigenvalue weighted by molar-refractivity contribution is 0.175. The van der Waals surface area contributed by atoms with Crippen LogP contribution in [0.1, 0.15) is 19.3 Å². The minimum absolute atomic E-state index is 0.446. The molecule has 0 saturated carbocycles. The summed E-state index contributed by atoms with van der Waals surface area (Å²) in [6.45, 7) is 6.22. The largest absolute Gasteiger partial charge is 0.326 e. The van der Waals surface area contributed by atoms with E-state index in [2.05, 4.69) is 16.8 Å². The quantitative estimate of drug-likeness (QED) is 0.694. The second-order valence-electron chi connectivity index (χ2n) is 5.05. The molecule has 2 N–H and O–H groups in total. The summed E-state index contributed by atoms with van der Waals surface area (Å²) in [5.41, 5.74) is 5.90. The lowest BCUT2D eigenvalue weighted by atomic mass is 9.97. The van der Waals surface area contributed by atoms with Gasteiger partial charge in [0.05, 0.1) is 0 Å². The van der Waals surface area contributed by atoms with Gasteiger partial charge >= 0.3 is 0 Å². The highest BCUT2D eigenvalue weighted by Gasteiger charge is 2.23. The van der Waals surface area contributed by atoms with Crippen LogP contribution in [0.15, 0.2) is 0 Å². The van der Waals surface area contributed by atoms with Crippen LogP contribution in [0.25, 0.3) is 0 Å². The van der Waals surface area contributed by atoms with E-state index in [4.69, 9.17) is 5.73 Å². The van der Waals surface area contributed by atoms with Gasteiger partial charge in [0.15, 0.2) is 0 Å². The summed E-state index contributed by atoms with van der Waals surface area (Å²) in [7, 11) is 2.22. The Hall–Kier alpha value is -0.120. The predicted octanol–water partition coefficient (Wildman–Crippen LogP) is 0.361. The van der Waals surface area contributed by atoms with E-state index < -0.39 is 0 Å². The van der Waals surface area contributed by atoms with E-state index in [-0.39, 0.29) is 0 Å². The Morgan fingerprint density at radius 2 is 1.86 bits per heavy atom. The maximum atomic E-state index is 5.90. The standard InChI is InChI=1S/C11H23N3/c1-13-5-2-10(3-6-13)8-14-7-4-11(12)9-14/h10-11H,2-9,12H2,1H3. The summed E-state index contributed by atoms with van der Waals surface area (Å²) < 4.78 is 0. The van der Waals surface area contributed by atoms with E-state index in [1.807, 2.05) is 0 Å². The van der Waals surface area contributed by atoms with Crippen LogP contribution in [-0.2, 0) is 0 Å². The molecular formula is C11H23N3. The molecule has 0 aromatic rings. The minimum atomic E-state index is 0.446. The SMILES string of the molecule is CN1CCC(CN2CCC(N)C2)CC1. The van der Waals surface area contributed by atoms with Crippen LogP contribution in [0.4, 0.5) is 0 Å². The molecule has 2 fully saturated rings. The van der Waals surface area contributed by atoms with Gasteiger partial charge in [-0.3, -0.25) is 0 Å². The number of rotatable bonds is 2. The molecule has 1 atom stereocenters. The van der Waals surface area contributed by atoms with Gasteiger partial charge in [-0.15, -0.1) is 0 Å². The van der Waals surface area contributed by atoms with Gasteiger partial charge in [-0.25, -0.2) is 0 Å². The summed E-state index contributed by atoms with van der Waals surface area (Å²) in [4.78, 5) is 4.99. The Labute approximate surface area is 87.2 Å². The predicted molar refractivity (Wildman–Crippen MR) is 59.3 cm³/mol. The van der Waals surface area contributed by atoms with Crippen LogP contribution in [0.3, 0.4) is 0 Å². The molecule has 0 spiro atoms. The Morgan fingerprint density at radius 3 is 2.43 bits per heavy atom. The monoisotopic (exact) mass is 197 g/mol. The number of nitrogens with two attached hydrogens (primary N) is 1. The molecule has 0 amide bonds. The van der Waals surface area contributed by atoms with Crippen LogP contribution in [0.5, 0.6) is 0 Å². The summed E-state index contributed by atoms with van der Waals surface area (Å²) in [6, 6.07) is 0.446. The molecule has 0 aliphatic carbocycles. The van der Waals surface area contributed by atoms with Crippen LogP contribution in [-0.4, -0.2) is 55.6 Å². The van der Waals surface area contributed by atoms with Crippen LogP contribution >= 0.6 is 0 Å². The Bertz CT molecular complexity index is 175. The summed E-state index contributed by atoms with van der Waals surface area (Å²) >= 11 is 0. The maximum Gasteiger partial charge on any atom is 0.0180 e. The number of nitrogens with zero attached hydrogens (tertiary/aromatic N) is 2. The number of hydrogen-bond acceptors (Lipinski definition) is 3. The zero-order chi connectivity index (χ0) is 9.97. The van der Waals surface area contributed by atoms with Crippen LogP contribution < -0.4 is 5.73 Å². The maximum absolute atomic E-state index is 5.90. The fourth-order valence-electron chi connectivity index (χ4n) is 2.64. The highest BCUT2D eigenvalue weighted by molar-refractivity contribution is 4.81. The van der Waals surface area contributed by atoms with Gasteiger partial charge in [-0.1, -0.05) is 0 Å². The van der Waals surface area contributed by atoms with E-state index in [0.29, 0.717) is 6.04 Å². The minimum Gasteiger partial charge on any atom is -0.326 e. The van der Waals surface area contributed by atoms with Gasteiger partial charge in [0.1, 0.15) is 0 Å². The summed E-state index contributed by atoms with van der Waals surface area (Å²) in [5.74, 6) is 0.927. The first-order chi connectivity index (χ1) is 6.74. The van der Waals surface area contributed by atoms with Gasteiger partial charge < -0.3 is 15.5 Å². The van der Waals surface area contributed by atoms with Crippen molar-refractivity contribution >= 4 is 0 Å². The van der Waals surface area contributed by atoms with Gasteiger partial charge in [-0.05, 0) is 51.9 Å². The van der Waals surface area contributed by atoms with Crippen molar-refractivity contribution in [3.8, 4) is 0 Å². The molecule has 0 aromatic heterocycles. The Kier molecular flexibility index (Phi) is 3.42. The summed E-state index contributed by atoms with van der Waals surface area (Å²) in [5, 5.41) is 0. The first kappa shape index (κ1) is 10.4. The molecule has 2 aliphatic heterocycles. The third kappa shape index (κ3) is 2.69. The van der Waals surface area contributed by atoms with E-state index in [1.165, 1.54) is 45.4 Å². The van der Waals surface area contributed by atoms with E-state index in [0.717, 1.165) is 12.5 Å². The van der Waals surface area contributed by atoms with Gasteiger partial charge in [0.2, 0.25) is 0 Å². The molecule has 0 aromatic carbocycles. The van der Waals surface area contributed by atoms with Crippen molar-refractivity contribution in [2.45, 2.75) is 25.3 Å². The highest BCUT2D eigenvalue weighted by atomic mass is 15.2. The topological polar surface area (TPSA) is 32.5 Å². The molecular weight excluding hydrogens is 174 g/mol. The number of hydrogen-bond donors (Lipinski definition) is 1. The van der Waals surface area contributed by atoms with Crippen molar-refractivity contribution in [1.29, 1.82) is 0 Å². The highest BCUT2D eigenvalue weighted by Crippen LogP contribution is 2.19. The van der Waals surface area contributed by atoms with E-state index in [9.17, 15) is 0 Å².